The Labute approximate surface area is 117 Å². The Morgan fingerprint density at radius 3 is 2.68 bits per heavy atom. The maximum absolute atomic E-state index is 6.62. The molecule has 94 valence electrons. The second-order valence-electron chi connectivity index (χ2n) is 5.24. The Morgan fingerprint density at radius 1 is 0.895 bits per heavy atom. The third kappa shape index (κ3) is 1.65. The van der Waals surface area contributed by atoms with Crippen molar-refractivity contribution in [3.8, 4) is 0 Å². The molecule has 1 aromatic heterocycles. The van der Waals surface area contributed by atoms with E-state index in [0.717, 1.165) is 28.8 Å². The van der Waals surface area contributed by atoms with Gasteiger partial charge >= 0.3 is 0 Å². The number of rotatable bonds is 0. The summed E-state index contributed by atoms with van der Waals surface area (Å²) in [4.78, 5) is 4.92. The number of nitrogens with zero attached hydrogens (tertiary/aromatic N) is 1. The van der Waals surface area contributed by atoms with E-state index in [1.165, 1.54) is 34.9 Å². The van der Waals surface area contributed by atoms with Crippen LogP contribution in [0.1, 0.15) is 24.1 Å². The van der Waals surface area contributed by atoms with E-state index >= 15 is 0 Å². The quantitative estimate of drug-likeness (QED) is 0.527. The standard InChI is InChI=1S/C17H14ClN/c18-16-13-7-3-4-8-15(13)19-17-12-6-2-1-5-11(12)9-10-14(16)17/h1-2,5-6,9-10H,3-4,7-8H2. The lowest BCUT2D eigenvalue weighted by atomic mass is 9.93. The minimum absolute atomic E-state index is 0.922. The number of benzene rings is 2. The first-order valence-corrected chi connectivity index (χ1v) is 7.21. The van der Waals surface area contributed by atoms with E-state index in [9.17, 15) is 0 Å². The molecule has 0 bridgehead atoms. The van der Waals surface area contributed by atoms with Crippen LogP contribution in [0.3, 0.4) is 0 Å². The molecule has 1 aliphatic carbocycles. The molecule has 0 saturated heterocycles. The summed E-state index contributed by atoms with van der Waals surface area (Å²) in [7, 11) is 0. The van der Waals surface area contributed by atoms with Crippen LogP contribution in [-0.2, 0) is 12.8 Å². The topological polar surface area (TPSA) is 12.9 Å². The number of hydrogen-bond acceptors (Lipinski definition) is 1. The first-order valence-electron chi connectivity index (χ1n) is 6.83. The van der Waals surface area contributed by atoms with E-state index in [2.05, 4.69) is 36.4 Å². The summed E-state index contributed by atoms with van der Waals surface area (Å²) >= 11 is 6.62. The van der Waals surface area contributed by atoms with Crippen molar-refractivity contribution in [2.45, 2.75) is 25.7 Å². The Bertz CT molecular complexity index is 792. The Morgan fingerprint density at radius 2 is 1.74 bits per heavy atom. The molecule has 4 rings (SSSR count). The Balaban J connectivity index is 2.17. The number of fused-ring (bicyclic) bond motifs is 4. The molecule has 3 aromatic rings. The average molecular weight is 268 g/mol. The molecule has 0 atom stereocenters. The van der Waals surface area contributed by atoms with Crippen molar-refractivity contribution in [3.63, 3.8) is 0 Å². The maximum atomic E-state index is 6.62. The van der Waals surface area contributed by atoms with Crippen LogP contribution in [0.2, 0.25) is 5.02 Å². The van der Waals surface area contributed by atoms with E-state index in [4.69, 9.17) is 16.6 Å². The molecule has 2 aromatic carbocycles. The van der Waals surface area contributed by atoms with Gasteiger partial charge in [0.2, 0.25) is 0 Å². The Kier molecular flexibility index (Phi) is 2.49. The van der Waals surface area contributed by atoms with Gasteiger partial charge in [-0.1, -0.05) is 48.0 Å². The lowest BCUT2D eigenvalue weighted by molar-refractivity contribution is 0.671. The van der Waals surface area contributed by atoms with Crippen LogP contribution in [0.15, 0.2) is 36.4 Å². The molecule has 19 heavy (non-hydrogen) atoms. The van der Waals surface area contributed by atoms with Crippen molar-refractivity contribution in [2.75, 3.05) is 0 Å². The number of halogens is 1. The molecule has 0 unspecified atom stereocenters. The van der Waals surface area contributed by atoms with Crippen molar-refractivity contribution >= 4 is 33.3 Å². The molecule has 0 N–H and O–H groups in total. The molecule has 0 fully saturated rings. The van der Waals surface area contributed by atoms with E-state index < -0.39 is 0 Å². The summed E-state index contributed by atoms with van der Waals surface area (Å²) in [5.74, 6) is 0. The van der Waals surface area contributed by atoms with Crippen molar-refractivity contribution in [1.29, 1.82) is 0 Å². The van der Waals surface area contributed by atoms with Crippen LogP contribution in [0.25, 0.3) is 21.7 Å². The minimum atomic E-state index is 0.922. The first kappa shape index (κ1) is 11.2. The normalized spacial score (nSPS) is 14.8. The summed E-state index contributed by atoms with van der Waals surface area (Å²) in [6.45, 7) is 0. The second-order valence-corrected chi connectivity index (χ2v) is 5.62. The Hall–Kier alpha value is -1.60. The van der Waals surface area contributed by atoms with Gasteiger partial charge in [0.25, 0.3) is 0 Å². The molecule has 0 radical (unpaired) electrons. The highest BCUT2D eigenvalue weighted by molar-refractivity contribution is 6.37. The van der Waals surface area contributed by atoms with Crippen molar-refractivity contribution in [1.82, 2.24) is 4.98 Å². The summed E-state index contributed by atoms with van der Waals surface area (Å²) in [6.07, 6.45) is 4.60. The van der Waals surface area contributed by atoms with Gasteiger partial charge in [-0.3, -0.25) is 4.98 Å². The lowest BCUT2D eigenvalue weighted by Crippen LogP contribution is -2.06. The van der Waals surface area contributed by atoms with Crippen LogP contribution in [0.5, 0.6) is 0 Å². The first-order chi connectivity index (χ1) is 9.34. The molecule has 0 aliphatic heterocycles. The van der Waals surface area contributed by atoms with Gasteiger partial charge in [-0.05, 0) is 36.6 Å². The lowest BCUT2D eigenvalue weighted by Gasteiger charge is -2.18. The van der Waals surface area contributed by atoms with Crippen molar-refractivity contribution in [3.05, 3.63) is 52.7 Å². The molecule has 0 saturated carbocycles. The fourth-order valence-electron chi connectivity index (χ4n) is 3.10. The van der Waals surface area contributed by atoms with E-state index in [0.29, 0.717) is 0 Å². The minimum Gasteiger partial charge on any atom is -0.252 e. The molecular formula is C17H14ClN. The summed E-state index contributed by atoms with van der Waals surface area (Å²) in [6, 6.07) is 12.6. The fourth-order valence-corrected chi connectivity index (χ4v) is 3.46. The number of aromatic nitrogens is 1. The van der Waals surface area contributed by atoms with Gasteiger partial charge in [-0.2, -0.15) is 0 Å². The van der Waals surface area contributed by atoms with Gasteiger partial charge in [0.15, 0.2) is 0 Å². The number of pyridine rings is 1. The highest BCUT2D eigenvalue weighted by Gasteiger charge is 2.17. The zero-order chi connectivity index (χ0) is 12.8. The summed E-state index contributed by atoms with van der Waals surface area (Å²) in [5.41, 5.74) is 3.54. The molecule has 0 spiro atoms. The second kappa shape index (κ2) is 4.21. The highest BCUT2D eigenvalue weighted by atomic mass is 35.5. The van der Waals surface area contributed by atoms with Gasteiger partial charge in [0.05, 0.1) is 10.5 Å². The highest BCUT2D eigenvalue weighted by Crippen LogP contribution is 2.35. The molecule has 1 heterocycles. The van der Waals surface area contributed by atoms with Crippen molar-refractivity contribution in [2.24, 2.45) is 0 Å². The molecular weight excluding hydrogens is 254 g/mol. The van der Waals surface area contributed by atoms with Crippen LogP contribution >= 0.6 is 11.6 Å². The van der Waals surface area contributed by atoms with Crippen LogP contribution in [-0.4, -0.2) is 4.98 Å². The molecule has 2 heteroatoms. The third-order valence-electron chi connectivity index (χ3n) is 4.09. The summed E-state index contributed by atoms with van der Waals surface area (Å²) < 4.78 is 0. The van der Waals surface area contributed by atoms with Crippen LogP contribution < -0.4 is 0 Å². The zero-order valence-corrected chi connectivity index (χ0v) is 11.4. The predicted octanol–water partition coefficient (Wildman–Crippen LogP) is 4.92. The summed E-state index contributed by atoms with van der Waals surface area (Å²) in [5, 5.41) is 4.45. The maximum Gasteiger partial charge on any atom is 0.0798 e. The fraction of sp³-hybridized carbons (Fsp3) is 0.235. The van der Waals surface area contributed by atoms with Crippen molar-refractivity contribution < 1.29 is 0 Å². The van der Waals surface area contributed by atoms with E-state index in [-0.39, 0.29) is 0 Å². The predicted molar refractivity (Wildman–Crippen MR) is 80.9 cm³/mol. The van der Waals surface area contributed by atoms with Gasteiger partial charge < -0.3 is 0 Å². The smallest absolute Gasteiger partial charge is 0.0798 e. The van der Waals surface area contributed by atoms with Crippen LogP contribution in [0, 0.1) is 0 Å². The largest absolute Gasteiger partial charge is 0.252 e. The van der Waals surface area contributed by atoms with E-state index in [1.807, 2.05) is 0 Å². The van der Waals surface area contributed by atoms with Gasteiger partial charge in [-0.15, -0.1) is 0 Å². The molecule has 0 amide bonds. The monoisotopic (exact) mass is 267 g/mol. The number of hydrogen-bond donors (Lipinski definition) is 0. The van der Waals surface area contributed by atoms with Gasteiger partial charge in [0, 0.05) is 16.5 Å². The van der Waals surface area contributed by atoms with E-state index in [1.54, 1.807) is 0 Å². The SMILES string of the molecule is Clc1c2c(nc3c1ccc1ccccc13)CCCC2. The molecule has 1 aliphatic rings. The van der Waals surface area contributed by atoms with Gasteiger partial charge in [-0.25, -0.2) is 0 Å². The van der Waals surface area contributed by atoms with Crippen LogP contribution in [0.4, 0.5) is 0 Å². The zero-order valence-electron chi connectivity index (χ0n) is 10.6. The third-order valence-corrected chi connectivity index (χ3v) is 4.52. The number of aryl methyl sites for hydroxylation is 1. The average Bonchev–Trinajstić information content (AvgIpc) is 2.47. The van der Waals surface area contributed by atoms with Gasteiger partial charge in [0.1, 0.15) is 0 Å². The molecule has 1 nitrogen and oxygen atoms in total.